The summed E-state index contributed by atoms with van der Waals surface area (Å²) in [6.07, 6.45) is 2.21. The molecule has 2 heterocycles. The predicted molar refractivity (Wildman–Crippen MR) is 86.9 cm³/mol. The topological polar surface area (TPSA) is 103 Å². The van der Waals surface area contributed by atoms with Gasteiger partial charge < -0.3 is 19.5 Å². The summed E-state index contributed by atoms with van der Waals surface area (Å²) in [6, 6.07) is 6.77. The largest absolute Gasteiger partial charge is 0.486 e. The quantitative estimate of drug-likeness (QED) is 0.803. The van der Waals surface area contributed by atoms with Gasteiger partial charge >= 0.3 is 5.97 Å². The van der Waals surface area contributed by atoms with E-state index in [9.17, 15) is 9.59 Å². The van der Waals surface area contributed by atoms with Crippen molar-refractivity contribution in [1.29, 1.82) is 0 Å². The Morgan fingerprint density at radius 1 is 1.20 bits per heavy atom. The van der Waals surface area contributed by atoms with Crippen LogP contribution in [0.15, 0.2) is 24.3 Å². The van der Waals surface area contributed by atoms with Crippen molar-refractivity contribution in [3.8, 4) is 11.5 Å². The normalized spacial score (nSPS) is 15.5. The first-order valence-corrected chi connectivity index (χ1v) is 8.11. The molecule has 0 bridgehead atoms. The van der Waals surface area contributed by atoms with Crippen LogP contribution in [0.2, 0.25) is 0 Å². The van der Waals surface area contributed by atoms with Crippen molar-refractivity contribution >= 4 is 17.6 Å². The van der Waals surface area contributed by atoms with Gasteiger partial charge in [0.05, 0.1) is 0 Å². The van der Waals surface area contributed by atoms with Crippen LogP contribution in [-0.2, 0) is 9.53 Å². The highest BCUT2D eigenvalue weighted by Gasteiger charge is 2.27. The predicted octanol–water partition coefficient (Wildman–Crippen LogP) is 1.85. The number of hydrogen-bond acceptors (Lipinski definition) is 6. The van der Waals surface area contributed by atoms with Gasteiger partial charge in [0.2, 0.25) is 0 Å². The first kappa shape index (κ1) is 15.5. The van der Waals surface area contributed by atoms with Crippen LogP contribution in [0.5, 0.6) is 11.5 Å². The Morgan fingerprint density at radius 3 is 2.80 bits per heavy atom. The van der Waals surface area contributed by atoms with Crippen molar-refractivity contribution in [3.05, 3.63) is 35.7 Å². The van der Waals surface area contributed by atoms with Gasteiger partial charge in [-0.2, -0.15) is 5.10 Å². The molecule has 25 heavy (non-hydrogen) atoms. The molecular weight excluding hydrogens is 326 g/mol. The van der Waals surface area contributed by atoms with E-state index in [0.29, 0.717) is 36.3 Å². The third kappa shape index (κ3) is 3.57. The Morgan fingerprint density at radius 2 is 2.00 bits per heavy atom. The number of benzene rings is 1. The van der Waals surface area contributed by atoms with E-state index < -0.39 is 11.9 Å². The Kier molecular flexibility index (Phi) is 4.01. The lowest BCUT2D eigenvalue weighted by Gasteiger charge is -2.18. The van der Waals surface area contributed by atoms with Gasteiger partial charge in [-0.25, -0.2) is 4.79 Å². The first-order valence-electron chi connectivity index (χ1n) is 8.11. The second kappa shape index (κ2) is 6.46. The molecule has 1 aromatic carbocycles. The molecule has 1 aromatic heterocycles. The van der Waals surface area contributed by atoms with Gasteiger partial charge in [0.1, 0.15) is 13.2 Å². The number of ether oxygens (including phenoxy) is 3. The number of H-pyrrole nitrogens is 1. The number of hydrogen-bond donors (Lipinski definition) is 2. The lowest BCUT2D eigenvalue weighted by Crippen LogP contribution is -2.21. The number of aromatic nitrogens is 2. The van der Waals surface area contributed by atoms with Crippen LogP contribution in [0.3, 0.4) is 0 Å². The molecule has 0 atom stereocenters. The van der Waals surface area contributed by atoms with E-state index in [2.05, 4.69) is 15.5 Å². The molecule has 8 heteroatoms. The third-order valence-corrected chi connectivity index (χ3v) is 3.98. The number of fused-ring (bicyclic) bond motifs is 1. The molecule has 1 aliphatic heterocycles. The number of aromatic amines is 1. The fourth-order valence-corrected chi connectivity index (χ4v) is 2.57. The summed E-state index contributed by atoms with van der Waals surface area (Å²) in [5.74, 6) is 0.613. The first-order chi connectivity index (χ1) is 12.2. The SMILES string of the molecule is O=C(COC(=O)c1cc(C2CC2)[nH]n1)Nc1ccc2c(c1)OCCO2. The number of nitrogens with one attached hydrogen (secondary N) is 2. The van der Waals surface area contributed by atoms with Crippen molar-refractivity contribution < 1.29 is 23.8 Å². The van der Waals surface area contributed by atoms with Crippen LogP contribution < -0.4 is 14.8 Å². The van der Waals surface area contributed by atoms with Crippen LogP contribution in [0.1, 0.15) is 34.9 Å². The van der Waals surface area contributed by atoms with E-state index in [0.717, 1.165) is 18.5 Å². The van der Waals surface area contributed by atoms with Crippen molar-refractivity contribution in [2.75, 3.05) is 25.1 Å². The maximum Gasteiger partial charge on any atom is 0.359 e. The number of carbonyl (C=O) groups is 2. The van der Waals surface area contributed by atoms with Gasteiger partial charge in [0.25, 0.3) is 5.91 Å². The number of anilines is 1. The zero-order valence-electron chi connectivity index (χ0n) is 13.4. The number of nitrogens with zero attached hydrogens (tertiary/aromatic N) is 1. The van der Waals surface area contributed by atoms with Gasteiger partial charge in [-0.05, 0) is 31.0 Å². The zero-order valence-corrected chi connectivity index (χ0v) is 13.4. The molecule has 1 aliphatic carbocycles. The van der Waals surface area contributed by atoms with E-state index in [1.54, 1.807) is 24.3 Å². The van der Waals surface area contributed by atoms with Crippen molar-refractivity contribution in [1.82, 2.24) is 10.2 Å². The minimum absolute atomic E-state index is 0.189. The number of carbonyl (C=O) groups excluding carboxylic acids is 2. The van der Waals surface area contributed by atoms with Crippen molar-refractivity contribution in [2.24, 2.45) is 0 Å². The number of esters is 1. The van der Waals surface area contributed by atoms with Crippen molar-refractivity contribution in [2.45, 2.75) is 18.8 Å². The van der Waals surface area contributed by atoms with E-state index >= 15 is 0 Å². The summed E-state index contributed by atoms with van der Waals surface area (Å²) in [4.78, 5) is 23.9. The van der Waals surface area contributed by atoms with Crippen LogP contribution in [0.25, 0.3) is 0 Å². The van der Waals surface area contributed by atoms with E-state index in [1.165, 1.54) is 0 Å². The second-order valence-corrected chi connectivity index (χ2v) is 5.97. The minimum Gasteiger partial charge on any atom is -0.486 e. The maximum absolute atomic E-state index is 12.0. The summed E-state index contributed by atoms with van der Waals surface area (Å²) in [6.45, 7) is 0.581. The molecule has 1 saturated carbocycles. The molecule has 4 rings (SSSR count). The van der Waals surface area contributed by atoms with E-state index in [4.69, 9.17) is 14.2 Å². The lowest BCUT2D eigenvalue weighted by molar-refractivity contribution is -0.119. The number of rotatable bonds is 5. The van der Waals surface area contributed by atoms with Crippen LogP contribution in [-0.4, -0.2) is 41.9 Å². The highest BCUT2D eigenvalue weighted by Crippen LogP contribution is 2.39. The monoisotopic (exact) mass is 343 g/mol. The fraction of sp³-hybridized carbons (Fsp3) is 0.353. The molecule has 0 spiro atoms. The van der Waals surface area contributed by atoms with Gasteiger partial charge in [0, 0.05) is 23.4 Å². The highest BCUT2D eigenvalue weighted by molar-refractivity contribution is 5.95. The van der Waals surface area contributed by atoms with Crippen LogP contribution >= 0.6 is 0 Å². The molecule has 0 radical (unpaired) electrons. The minimum atomic E-state index is -0.625. The standard InChI is InChI=1S/C17H17N3O5/c21-16(18-11-3-4-14-15(7-11)24-6-5-23-14)9-25-17(22)13-8-12(19-20-13)10-1-2-10/h3-4,7-8,10H,1-2,5-6,9H2,(H,18,21)(H,19,20). The molecule has 2 aliphatic rings. The zero-order chi connectivity index (χ0) is 17.2. The molecule has 130 valence electrons. The molecule has 2 aromatic rings. The summed E-state index contributed by atoms with van der Waals surface area (Å²) in [5.41, 5.74) is 1.67. The van der Waals surface area contributed by atoms with E-state index in [-0.39, 0.29) is 12.3 Å². The lowest BCUT2D eigenvalue weighted by atomic mass is 10.2. The Balaban J connectivity index is 1.30. The third-order valence-electron chi connectivity index (χ3n) is 3.98. The summed E-state index contributed by atoms with van der Waals surface area (Å²) in [5, 5.41) is 9.41. The Bertz CT molecular complexity index is 812. The maximum atomic E-state index is 12.0. The molecule has 1 amide bonds. The molecule has 8 nitrogen and oxygen atoms in total. The van der Waals surface area contributed by atoms with Gasteiger partial charge in [0.15, 0.2) is 23.8 Å². The number of amides is 1. The summed E-state index contributed by atoms with van der Waals surface area (Å²) < 4.78 is 15.9. The molecule has 0 saturated heterocycles. The average Bonchev–Trinajstić information content (AvgIpc) is 3.36. The smallest absolute Gasteiger partial charge is 0.359 e. The van der Waals surface area contributed by atoms with Gasteiger partial charge in [-0.15, -0.1) is 0 Å². The fourth-order valence-electron chi connectivity index (χ4n) is 2.57. The van der Waals surface area contributed by atoms with E-state index in [1.807, 2.05) is 0 Å². The second-order valence-electron chi connectivity index (χ2n) is 5.97. The highest BCUT2D eigenvalue weighted by atomic mass is 16.6. The molecular formula is C17H17N3O5. The summed E-state index contributed by atoms with van der Waals surface area (Å²) >= 11 is 0. The van der Waals surface area contributed by atoms with Crippen LogP contribution in [0, 0.1) is 0 Å². The van der Waals surface area contributed by atoms with Crippen LogP contribution in [0.4, 0.5) is 5.69 Å². The van der Waals surface area contributed by atoms with Gasteiger partial charge in [-0.3, -0.25) is 9.89 Å². The Hall–Kier alpha value is -3.03. The molecule has 0 unspecified atom stereocenters. The molecule has 2 N–H and O–H groups in total. The van der Waals surface area contributed by atoms with Gasteiger partial charge in [-0.1, -0.05) is 0 Å². The van der Waals surface area contributed by atoms with Crippen molar-refractivity contribution in [3.63, 3.8) is 0 Å². The Labute approximate surface area is 143 Å². The molecule has 1 fully saturated rings. The average molecular weight is 343 g/mol. The summed E-state index contributed by atoms with van der Waals surface area (Å²) in [7, 11) is 0.